The molecule has 2 heterocycles. The molecule has 2 rings (SSSR count). The maximum Gasteiger partial charge on any atom is 0.416 e. The third kappa shape index (κ3) is 3.08. The number of halogens is 1. The Bertz CT molecular complexity index is 417. The van der Waals surface area contributed by atoms with Gasteiger partial charge in [-0.05, 0) is 61.4 Å². The number of hydrogen-bond acceptors (Lipinski definition) is 3. The van der Waals surface area contributed by atoms with Crippen molar-refractivity contribution in [1.29, 1.82) is 0 Å². The van der Waals surface area contributed by atoms with Crippen molar-refractivity contribution in [2.75, 3.05) is 11.4 Å². The number of hydrogen-bond donors (Lipinski definition) is 0. The Morgan fingerprint density at radius 3 is 2.88 bits per heavy atom. The molecule has 4 nitrogen and oxygen atoms in total. The molecule has 0 atom stereocenters. The lowest BCUT2D eigenvalue weighted by atomic mass is 10.0. The highest BCUT2D eigenvalue weighted by molar-refractivity contribution is 14.1. The van der Waals surface area contributed by atoms with Crippen LogP contribution in [0.15, 0.2) is 18.3 Å². The highest BCUT2D eigenvalue weighted by atomic mass is 127. The van der Waals surface area contributed by atoms with E-state index in [-0.39, 0.29) is 11.7 Å². The number of pyridine rings is 1. The maximum absolute atomic E-state index is 12.0. The van der Waals surface area contributed by atoms with Crippen LogP contribution in [0, 0.1) is 3.57 Å². The van der Waals surface area contributed by atoms with Crippen LogP contribution in [0.4, 0.5) is 10.6 Å². The molecule has 0 unspecified atom stereocenters. The Morgan fingerprint density at radius 2 is 2.24 bits per heavy atom. The lowest BCUT2D eigenvalue weighted by Gasteiger charge is -2.23. The summed E-state index contributed by atoms with van der Waals surface area (Å²) in [5, 5.41) is 0. The number of rotatable bonds is 1. The first-order valence-electron chi connectivity index (χ1n) is 5.60. The number of amides is 1. The summed E-state index contributed by atoms with van der Waals surface area (Å²) in [6, 6.07) is 3.79. The van der Waals surface area contributed by atoms with Gasteiger partial charge in [-0.25, -0.2) is 9.78 Å². The smallest absolute Gasteiger partial charge is 0.416 e. The molecule has 1 fully saturated rings. The van der Waals surface area contributed by atoms with Crippen LogP contribution in [0.25, 0.3) is 0 Å². The second-order valence-electron chi connectivity index (χ2n) is 4.72. The van der Waals surface area contributed by atoms with Crippen LogP contribution in [0.5, 0.6) is 0 Å². The van der Waals surface area contributed by atoms with E-state index >= 15 is 0 Å². The van der Waals surface area contributed by atoms with Crippen LogP contribution in [0.1, 0.15) is 26.7 Å². The summed E-state index contributed by atoms with van der Waals surface area (Å²) in [5.41, 5.74) is -0.380. The largest absolute Gasteiger partial charge is 0.443 e. The highest BCUT2D eigenvalue weighted by Gasteiger charge is 2.31. The minimum atomic E-state index is -0.380. The highest BCUT2D eigenvalue weighted by Crippen LogP contribution is 2.25. The van der Waals surface area contributed by atoms with Crippen molar-refractivity contribution < 1.29 is 9.53 Å². The average molecular weight is 346 g/mol. The predicted octanol–water partition coefficient (Wildman–Crippen LogP) is 3.20. The lowest BCUT2D eigenvalue weighted by Crippen LogP contribution is -2.34. The molecule has 0 radical (unpaired) electrons. The molecule has 1 aliphatic heterocycles. The van der Waals surface area contributed by atoms with E-state index < -0.39 is 0 Å². The van der Waals surface area contributed by atoms with Gasteiger partial charge >= 0.3 is 6.09 Å². The van der Waals surface area contributed by atoms with Gasteiger partial charge in [0.15, 0.2) is 0 Å². The van der Waals surface area contributed by atoms with Gasteiger partial charge in [-0.3, -0.25) is 4.90 Å². The van der Waals surface area contributed by atoms with Gasteiger partial charge in [-0.2, -0.15) is 0 Å². The molecule has 0 saturated carbocycles. The van der Waals surface area contributed by atoms with Crippen molar-refractivity contribution in [3.05, 3.63) is 21.9 Å². The zero-order valence-corrected chi connectivity index (χ0v) is 12.1. The molecule has 0 aliphatic carbocycles. The zero-order valence-electron chi connectivity index (χ0n) is 9.94. The topological polar surface area (TPSA) is 42.4 Å². The van der Waals surface area contributed by atoms with Crippen LogP contribution in [-0.4, -0.2) is 23.2 Å². The zero-order chi connectivity index (χ0) is 12.5. The number of ether oxygens (including phenoxy) is 1. The SMILES string of the molecule is CC1(C)CCCN(c2ccc(I)cn2)C(=O)O1. The van der Waals surface area contributed by atoms with Gasteiger partial charge in [0, 0.05) is 16.3 Å². The second-order valence-corrected chi connectivity index (χ2v) is 5.96. The molecule has 0 spiro atoms. The van der Waals surface area contributed by atoms with Crippen LogP contribution in [0.3, 0.4) is 0 Å². The molecule has 5 heteroatoms. The summed E-state index contributed by atoms with van der Waals surface area (Å²) in [5.74, 6) is 0.660. The van der Waals surface area contributed by atoms with E-state index in [0.29, 0.717) is 12.4 Å². The normalized spacial score (nSPS) is 19.7. The van der Waals surface area contributed by atoms with E-state index in [1.807, 2.05) is 26.0 Å². The van der Waals surface area contributed by atoms with Gasteiger partial charge in [0.05, 0.1) is 0 Å². The summed E-state index contributed by atoms with van der Waals surface area (Å²) in [7, 11) is 0. The molecular weight excluding hydrogens is 331 g/mol. The minimum absolute atomic E-state index is 0.304. The third-order valence-electron chi connectivity index (χ3n) is 2.73. The van der Waals surface area contributed by atoms with E-state index in [2.05, 4.69) is 27.6 Å². The van der Waals surface area contributed by atoms with Crippen LogP contribution in [-0.2, 0) is 4.74 Å². The Kier molecular flexibility index (Phi) is 3.56. The fourth-order valence-corrected chi connectivity index (χ4v) is 2.15. The number of nitrogens with zero attached hydrogens (tertiary/aromatic N) is 2. The minimum Gasteiger partial charge on any atom is -0.443 e. The Hall–Kier alpha value is -0.850. The van der Waals surface area contributed by atoms with Gasteiger partial charge in [0.2, 0.25) is 0 Å². The van der Waals surface area contributed by atoms with Crippen molar-refractivity contribution in [3.63, 3.8) is 0 Å². The molecular formula is C12H15IN2O2. The quantitative estimate of drug-likeness (QED) is 0.734. The molecule has 1 aromatic heterocycles. The van der Waals surface area contributed by atoms with Gasteiger partial charge in [0.1, 0.15) is 11.4 Å². The summed E-state index contributed by atoms with van der Waals surface area (Å²) >= 11 is 2.19. The summed E-state index contributed by atoms with van der Waals surface area (Å²) in [4.78, 5) is 17.8. The molecule has 1 amide bonds. The molecule has 17 heavy (non-hydrogen) atoms. The Balaban J connectivity index is 2.21. The molecule has 1 saturated heterocycles. The van der Waals surface area contributed by atoms with Crippen molar-refractivity contribution in [2.24, 2.45) is 0 Å². The molecule has 1 aromatic rings. The number of anilines is 1. The predicted molar refractivity (Wildman–Crippen MR) is 74.1 cm³/mol. The Labute approximate surface area is 114 Å². The van der Waals surface area contributed by atoms with Crippen molar-refractivity contribution >= 4 is 34.5 Å². The van der Waals surface area contributed by atoms with Gasteiger partial charge in [-0.15, -0.1) is 0 Å². The molecule has 0 bridgehead atoms. The van der Waals surface area contributed by atoms with Gasteiger partial charge < -0.3 is 4.74 Å². The van der Waals surface area contributed by atoms with Crippen molar-refractivity contribution in [3.8, 4) is 0 Å². The van der Waals surface area contributed by atoms with Gasteiger partial charge in [-0.1, -0.05) is 0 Å². The fraction of sp³-hybridized carbons (Fsp3) is 0.500. The standard InChI is InChI=1S/C12H15IN2O2/c1-12(2)6-3-7-15(11(16)17-12)10-5-4-9(13)8-14-10/h4-5,8H,3,6-7H2,1-2H3. The Morgan fingerprint density at radius 1 is 1.47 bits per heavy atom. The number of aromatic nitrogens is 1. The van der Waals surface area contributed by atoms with E-state index in [1.165, 1.54) is 0 Å². The van der Waals surface area contributed by atoms with Crippen LogP contribution >= 0.6 is 22.6 Å². The van der Waals surface area contributed by atoms with Crippen molar-refractivity contribution in [2.45, 2.75) is 32.3 Å². The average Bonchev–Trinajstić information content (AvgIpc) is 2.37. The first kappa shape index (κ1) is 12.6. The summed E-state index contributed by atoms with van der Waals surface area (Å²) < 4.78 is 6.49. The first-order chi connectivity index (χ1) is 7.98. The monoisotopic (exact) mass is 346 g/mol. The number of carbonyl (C=O) groups is 1. The molecule has 0 aromatic carbocycles. The van der Waals surface area contributed by atoms with Crippen molar-refractivity contribution in [1.82, 2.24) is 4.98 Å². The number of cyclic esters (lactones) is 1. The third-order valence-corrected chi connectivity index (χ3v) is 3.37. The van der Waals surface area contributed by atoms with Crippen LogP contribution in [0.2, 0.25) is 0 Å². The second kappa shape index (κ2) is 4.80. The van der Waals surface area contributed by atoms with E-state index in [9.17, 15) is 4.79 Å². The van der Waals surface area contributed by atoms with E-state index in [1.54, 1.807) is 11.1 Å². The molecule has 0 N–H and O–H groups in total. The first-order valence-corrected chi connectivity index (χ1v) is 6.68. The fourth-order valence-electron chi connectivity index (χ4n) is 1.83. The number of carbonyl (C=O) groups excluding carboxylic acids is 1. The summed E-state index contributed by atoms with van der Waals surface area (Å²) in [6.07, 6.45) is 3.24. The molecule has 1 aliphatic rings. The van der Waals surface area contributed by atoms with E-state index in [4.69, 9.17) is 4.74 Å². The summed E-state index contributed by atoms with van der Waals surface area (Å²) in [6.45, 7) is 4.54. The molecule has 92 valence electrons. The van der Waals surface area contributed by atoms with Crippen LogP contribution < -0.4 is 4.90 Å². The lowest BCUT2D eigenvalue weighted by molar-refractivity contribution is 0.0449. The van der Waals surface area contributed by atoms with Gasteiger partial charge in [0.25, 0.3) is 0 Å². The van der Waals surface area contributed by atoms with E-state index in [0.717, 1.165) is 16.4 Å². The maximum atomic E-state index is 12.0.